The third-order valence-corrected chi connectivity index (χ3v) is 6.51. The number of hydrazine groups is 1. The molecular weight excluding hydrogens is 549 g/mol. The van der Waals surface area contributed by atoms with E-state index in [-0.39, 0.29) is 57.5 Å². The van der Waals surface area contributed by atoms with E-state index in [1.165, 1.54) is 27.9 Å². The van der Waals surface area contributed by atoms with E-state index >= 15 is 4.39 Å². The van der Waals surface area contributed by atoms with E-state index in [2.05, 4.69) is 5.32 Å². The second-order valence-corrected chi connectivity index (χ2v) is 10.9. The molecule has 2 aromatic carbocycles. The molecule has 0 radical (unpaired) electrons. The second-order valence-electron chi connectivity index (χ2n) is 10.9. The van der Waals surface area contributed by atoms with Crippen molar-refractivity contribution in [2.24, 2.45) is 0 Å². The van der Waals surface area contributed by atoms with Crippen LogP contribution in [0, 0.1) is 5.82 Å². The van der Waals surface area contributed by atoms with Crippen molar-refractivity contribution in [1.29, 1.82) is 0 Å². The molecule has 2 fully saturated rings. The number of ether oxygens (including phenoxy) is 3. The Balaban J connectivity index is 1.48. The second kappa shape index (κ2) is 13.0. The number of rotatable bonds is 6. The topological polar surface area (TPSA) is 121 Å². The average molecular weight is 586 g/mol. The number of halogens is 1. The Morgan fingerprint density at radius 2 is 1.67 bits per heavy atom. The molecule has 4 rings (SSSR count). The summed E-state index contributed by atoms with van der Waals surface area (Å²) in [5.41, 5.74) is 0.534. The molecule has 2 aliphatic heterocycles. The van der Waals surface area contributed by atoms with Gasteiger partial charge in [-0.15, -0.1) is 0 Å². The van der Waals surface area contributed by atoms with Crippen LogP contribution in [-0.4, -0.2) is 85.2 Å². The zero-order valence-electron chi connectivity index (χ0n) is 24.2. The minimum atomic E-state index is -0.803. The Morgan fingerprint density at radius 1 is 1.00 bits per heavy atom. The molecule has 0 spiro atoms. The minimum absolute atomic E-state index is 0.0166. The smallest absolute Gasteiger partial charge is 0.429 e. The number of amides is 4. The summed E-state index contributed by atoms with van der Waals surface area (Å²) in [5.74, 6) is -0.833. The molecule has 12 nitrogen and oxygen atoms in total. The molecule has 0 saturated carbocycles. The van der Waals surface area contributed by atoms with Gasteiger partial charge in [0.25, 0.3) is 0 Å². The van der Waals surface area contributed by atoms with Gasteiger partial charge in [0.15, 0.2) is 0 Å². The number of anilines is 2. The van der Waals surface area contributed by atoms with Crippen molar-refractivity contribution >= 4 is 35.6 Å². The van der Waals surface area contributed by atoms with Gasteiger partial charge < -0.3 is 24.4 Å². The standard InChI is InChI=1S/C29H36FN5O7/c1-20(36)31-17-23-18-33(26(37)41-23)22-10-11-25(24(30)16-22)32-12-14-34(27(38)40-19-21-8-6-5-7-9-21)35(15-13-32)28(39)42-29(2,3)4/h5-11,16,23H,12-15,17-19H2,1-4H3,(H,31,36)/t23-/m0/s1. The zero-order chi connectivity index (χ0) is 30.4. The van der Waals surface area contributed by atoms with Crippen LogP contribution in [0.1, 0.15) is 33.3 Å². The molecule has 0 unspecified atom stereocenters. The summed E-state index contributed by atoms with van der Waals surface area (Å²) in [6.45, 7) is 7.32. The van der Waals surface area contributed by atoms with Gasteiger partial charge in [0.1, 0.15) is 24.1 Å². The van der Waals surface area contributed by atoms with Crippen LogP contribution >= 0.6 is 0 Å². The number of hydrogen-bond donors (Lipinski definition) is 1. The summed E-state index contributed by atoms with van der Waals surface area (Å²) in [5, 5.41) is 4.96. The van der Waals surface area contributed by atoms with Crippen LogP contribution in [0.15, 0.2) is 48.5 Å². The van der Waals surface area contributed by atoms with Gasteiger partial charge in [-0.2, -0.15) is 0 Å². The van der Waals surface area contributed by atoms with Crippen LogP contribution in [0.25, 0.3) is 0 Å². The highest BCUT2D eigenvalue weighted by molar-refractivity contribution is 5.90. The van der Waals surface area contributed by atoms with Gasteiger partial charge in [0.2, 0.25) is 5.91 Å². The molecule has 0 aromatic heterocycles. The molecule has 0 aliphatic carbocycles. The first-order chi connectivity index (χ1) is 19.9. The molecular formula is C29H36FN5O7. The highest BCUT2D eigenvalue weighted by Gasteiger charge is 2.35. The molecule has 2 heterocycles. The number of hydrogen-bond acceptors (Lipinski definition) is 8. The van der Waals surface area contributed by atoms with Crippen molar-refractivity contribution in [2.45, 2.75) is 46.0 Å². The van der Waals surface area contributed by atoms with Gasteiger partial charge in [-0.05, 0) is 44.5 Å². The van der Waals surface area contributed by atoms with Gasteiger partial charge in [0, 0.05) is 20.0 Å². The van der Waals surface area contributed by atoms with E-state index in [0.29, 0.717) is 5.69 Å². The van der Waals surface area contributed by atoms with Crippen LogP contribution in [-0.2, 0) is 25.6 Å². The summed E-state index contributed by atoms with van der Waals surface area (Å²) >= 11 is 0. The lowest BCUT2D eigenvalue weighted by Gasteiger charge is -2.33. The number of nitrogens with zero attached hydrogens (tertiary/aromatic N) is 4. The number of carbonyl (C=O) groups excluding carboxylic acids is 4. The molecule has 0 bridgehead atoms. The largest absolute Gasteiger partial charge is 0.443 e. The Morgan fingerprint density at radius 3 is 2.29 bits per heavy atom. The summed E-state index contributed by atoms with van der Waals surface area (Å²) in [4.78, 5) is 52.8. The van der Waals surface area contributed by atoms with Crippen LogP contribution < -0.4 is 15.1 Å². The normalized spacial score (nSPS) is 17.5. The molecule has 13 heteroatoms. The van der Waals surface area contributed by atoms with Gasteiger partial charge >= 0.3 is 18.3 Å². The highest BCUT2D eigenvalue weighted by Crippen LogP contribution is 2.29. The van der Waals surface area contributed by atoms with Crippen LogP contribution in [0.3, 0.4) is 0 Å². The first-order valence-corrected chi connectivity index (χ1v) is 13.7. The lowest BCUT2D eigenvalue weighted by atomic mass is 10.2. The number of cyclic esters (lactones) is 1. The summed E-state index contributed by atoms with van der Waals surface area (Å²) in [6, 6.07) is 13.5. The Bertz CT molecular complexity index is 1300. The molecule has 226 valence electrons. The van der Waals surface area contributed by atoms with Crippen molar-refractivity contribution in [1.82, 2.24) is 15.3 Å². The Kier molecular flexibility index (Phi) is 9.38. The van der Waals surface area contributed by atoms with Gasteiger partial charge in [-0.25, -0.2) is 28.8 Å². The number of carbonyl (C=O) groups is 4. The molecule has 2 aliphatic rings. The van der Waals surface area contributed by atoms with Crippen molar-refractivity contribution in [3.8, 4) is 0 Å². The third kappa shape index (κ3) is 7.80. The molecule has 42 heavy (non-hydrogen) atoms. The van der Waals surface area contributed by atoms with Gasteiger partial charge in [-0.1, -0.05) is 30.3 Å². The lowest BCUT2D eigenvalue weighted by Crippen LogP contribution is -2.52. The molecule has 1 atom stereocenters. The number of benzene rings is 2. The lowest BCUT2D eigenvalue weighted by molar-refractivity contribution is -0.119. The fourth-order valence-corrected chi connectivity index (χ4v) is 4.53. The first kappa shape index (κ1) is 30.4. The minimum Gasteiger partial charge on any atom is -0.443 e. The Hall–Kier alpha value is -4.55. The van der Waals surface area contributed by atoms with Crippen molar-refractivity contribution in [3.63, 3.8) is 0 Å². The Labute approximate surface area is 243 Å². The quantitative estimate of drug-likeness (QED) is 0.507. The fourth-order valence-electron chi connectivity index (χ4n) is 4.53. The third-order valence-electron chi connectivity index (χ3n) is 6.51. The van der Waals surface area contributed by atoms with E-state index in [4.69, 9.17) is 14.2 Å². The summed E-state index contributed by atoms with van der Waals surface area (Å²) < 4.78 is 31.8. The van der Waals surface area contributed by atoms with Crippen molar-refractivity contribution < 1.29 is 37.8 Å². The van der Waals surface area contributed by atoms with Crippen LogP contribution in [0.4, 0.5) is 30.1 Å². The monoisotopic (exact) mass is 585 g/mol. The van der Waals surface area contributed by atoms with E-state index in [9.17, 15) is 19.2 Å². The molecule has 4 amide bonds. The molecule has 1 N–H and O–H groups in total. The average Bonchev–Trinajstić information content (AvgIpc) is 3.16. The van der Waals surface area contributed by atoms with Crippen molar-refractivity contribution in [3.05, 3.63) is 59.9 Å². The molecule has 2 aromatic rings. The summed E-state index contributed by atoms with van der Waals surface area (Å²) in [7, 11) is 0. The van der Waals surface area contributed by atoms with E-state index in [1.54, 1.807) is 37.8 Å². The van der Waals surface area contributed by atoms with E-state index in [1.807, 2.05) is 30.3 Å². The predicted octanol–water partition coefficient (Wildman–Crippen LogP) is 3.90. The zero-order valence-corrected chi connectivity index (χ0v) is 24.2. The highest BCUT2D eigenvalue weighted by atomic mass is 19.1. The molecule has 2 saturated heterocycles. The predicted molar refractivity (Wildman–Crippen MR) is 151 cm³/mol. The SMILES string of the molecule is CC(=O)NC[C@H]1CN(c2ccc(N3CCN(C(=O)OCc4ccccc4)N(C(=O)OC(C)(C)C)CC3)c(F)c2)C(=O)O1. The maximum absolute atomic E-state index is 15.5. The van der Waals surface area contributed by atoms with Crippen LogP contribution in [0.5, 0.6) is 0 Å². The van der Waals surface area contributed by atoms with Gasteiger partial charge in [-0.3, -0.25) is 9.69 Å². The fraction of sp³-hybridized carbons (Fsp3) is 0.448. The maximum atomic E-state index is 15.5. The maximum Gasteiger partial charge on any atom is 0.429 e. The first-order valence-electron chi connectivity index (χ1n) is 13.7. The number of nitrogens with one attached hydrogen (secondary N) is 1. The van der Waals surface area contributed by atoms with E-state index in [0.717, 1.165) is 5.56 Å². The van der Waals surface area contributed by atoms with E-state index < -0.39 is 35.8 Å². The van der Waals surface area contributed by atoms with Crippen LogP contribution in [0.2, 0.25) is 0 Å². The summed E-state index contributed by atoms with van der Waals surface area (Å²) in [6.07, 6.45) is -2.65. The van der Waals surface area contributed by atoms with Gasteiger partial charge in [0.05, 0.1) is 37.6 Å². The van der Waals surface area contributed by atoms with Crippen molar-refractivity contribution in [2.75, 3.05) is 49.1 Å².